The predicted molar refractivity (Wildman–Crippen MR) is 87.9 cm³/mol. The normalized spacial score (nSPS) is 16.0. The number of nitrogens with one attached hydrogen (secondary N) is 2. The van der Waals surface area contributed by atoms with Crippen LogP contribution in [0.15, 0.2) is 18.3 Å². The SMILES string of the molecule is CCOC(=O)N1CCC(Nc2ccc(NS(C)(=O)=O)nc2)CC1. The van der Waals surface area contributed by atoms with Crippen LogP contribution in [0.3, 0.4) is 0 Å². The maximum Gasteiger partial charge on any atom is 0.409 e. The highest BCUT2D eigenvalue weighted by Gasteiger charge is 2.23. The molecule has 1 aliphatic rings. The zero-order valence-corrected chi connectivity index (χ0v) is 14.1. The van der Waals surface area contributed by atoms with Crippen LogP contribution >= 0.6 is 0 Å². The number of aromatic nitrogens is 1. The Morgan fingerprint density at radius 1 is 1.39 bits per heavy atom. The van der Waals surface area contributed by atoms with Crippen molar-refractivity contribution < 1.29 is 17.9 Å². The molecule has 2 heterocycles. The summed E-state index contributed by atoms with van der Waals surface area (Å²) in [4.78, 5) is 17.4. The summed E-state index contributed by atoms with van der Waals surface area (Å²) < 4.78 is 29.6. The van der Waals surface area contributed by atoms with Gasteiger partial charge in [0.15, 0.2) is 0 Å². The number of sulfonamides is 1. The molecule has 0 aromatic carbocycles. The molecule has 0 radical (unpaired) electrons. The van der Waals surface area contributed by atoms with Gasteiger partial charge in [-0.3, -0.25) is 4.72 Å². The molecule has 2 N–H and O–H groups in total. The van der Waals surface area contributed by atoms with Gasteiger partial charge in [-0.1, -0.05) is 0 Å². The number of nitrogens with zero attached hydrogens (tertiary/aromatic N) is 2. The van der Waals surface area contributed by atoms with E-state index < -0.39 is 10.0 Å². The number of ether oxygens (including phenoxy) is 1. The predicted octanol–water partition coefficient (Wildman–Crippen LogP) is 1.49. The van der Waals surface area contributed by atoms with Gasteiger partial charge in [-0.15, -0.1) is 0 Å². The van der Waals surface area contributed by atoms with Crippen LogP contribution in [-0.2, 0) is 14.8 Å². The first-order valence-electron chi connectivity index (χ1n) is 7.49. The first-order valence-corrected chi connectivity index (χ1v) is 9.38. The van der Waals surface area contributed by atoms with E-state index in [-0.39, 0.29) is 18.0 Å². The number of amides is 1. The first kappa shape index (κ1) is 17.3. The topological polar surface area (TPSA) is 101 Å². The Morgan fingerprint density at radius 2 is 2.09 bits per heavy atom. The van der Waals surface area contributed by atoms with E-state index in [0.29, 0.717) is 19.7 Å². The van der Waals surface area contributed by atoms with Crippen LogP contribution in [0.5, 0.6) is 0 Å². The molecule has 1 aromatic rings. The molecule has 128 valence electrons. The van der Waals surface area contributed by atoms with Crippen LogP contribution in [-0.4, -0.2) is 56.4 Å². The van der Waals surface area contributed by atoms with Crippen LogP contribution in [0, 0.1) is 0 Å². The first-order chi connectivity index (χ1) is 10.9. The van der Waals surface area contributed by atoms with E-state index in [1.54, 1.807) is 30.2 Å². The monoisotopic (exact) mass is 342 g/mol. The Labute approximate surface area is 136 Å². The van der Waals surface area contributed by atoms with Crippen molar-refractivity contribution >= 4 is 27.6 Å². The van der Waals surface area contributed by atoms with Crippen LogP contribution in [0.1, 0.15) is 19.8 Å². The number of carbonyl (C=O) groups excluding carboxylic acids is 1. The molecule has 9 heteroatoms. The standard InChI is InChI=1S/C14H22N4O4S/c1-3-22-14(19)18-8-6-11(7-9-18)16-12-4-5-13(15-10-12)17-23(2,20)21/h4-5,10-11,16H,3,6-9H2,1-2H3,(H,15,17). The fourth-order valence-electron chi connectivity index (χ4n) is 2.39. The zero-order valence-electron chi connectivity index (χ0n) is 13.3. The summed E-state index contributed by atoms with van der Waals surface area (Å²) in [6.07, 6.45) is 4.05. The molecular formula is C14H22N4O4S. The Kier molecular flexibility index (Phi) is 5.64. The molecule has 0 bridgehead atoms. The summed E-state index contributed by atoms with van der Waals surface area (Å²) in [5, 5.41) is 3.34. The van der Waals surface area contributed by atoms with Crippen molar-refractivity contribution in [1.82, 2.24) is 9.88 Å². The maximum absolute atomic E-state index is 11.6. The molecule has 1 amide bonds. The summed E-state index contributed by atoms with van der Waals surface area (Å²) in [7, 11) is -3.32. The highest BCUT2D eigenvalue weighted by molar-refractivity contribution is 7.92. The summed E-state index contributed by atoms with van der Waals surface area (Å²) in [5.41, 5.74) is 0.818. The number of rotatable bonds is 5. The van der Waals surface area contributed by atoms with Crippen molar-refractivity contribution in [2.24, 2.45) is 0 Å². The number of hydrogen-bond donors (Lipinski definition) is 2. The average molecular weight is 342 g/mol. The third-order valence-corrected chi connectivity index (χ3v) is 4.03. The van der Waals surface area contributed by atoms with Gasteiger partial charge in [0.2, 0.25) is 10.0 Å². The Balaban J connectivity index is 1.83. The van der Waals surface area contributed by atoms with E-state index in [1.807, 2.05) is 0 Å². The minimum atomic E-state index is -3.32. The maximum atomic E-state index is 11.6. The number of carbonyl (C=O) groups is 1. The van der Waals surface area contributed by atoms with Crippen LogP contribution in [0.2, 0.25) is 0 Å². The molecule has 8 nitrogen and oxygen atoms in total. The minimum Gasteiger partial charge on any atom is -0.450 e. The van der Waals surface area contributed by atoms with Gasteiger partial charge in [0.25, 0.3) is 0 Å². The lowest BCUT2D eigenvalue weighted by molar-refractivity contribution is 0.0983. The third kappa shape index (κ3) is 5.59. The van der Waals surface area contributed by atoms with Crippen molar-refractivity contribution in [2.45, 2.75) is 25.8 Å². The molecule has 1 aliphatic heterocycles. The lowest BCUT2D eigenvalue weighted by atomic mass is 10.1. The molecule has 2 rings (SSSR count). The van der Waals surface area contributed by atoms with Crippen molar-refractivity contribution in [3.05, 3.63) is 18.3 Å². The lowest BCUT2D eigenvalue weighted by Gasteiger charge is -2.32. The van der Waals surface area contributed by atoms with E-state index >= 15 is 0 Å². The molecule has 0 atom stereocenters. The molecule has 0 saturated carbocycles. The van der Waals surface area contributed by atoms with E-state index in [2.05, 4.69) is 15.0 Å². The number of anilines is 2. The number of likely N-dealkylation sites (tertiary alicyclic amines) is 1. The van der Waals surface area contributed by atoms with E-state index in [9.17, 15) is 13.2 Å². The second-order valence-corrected chi connectivity index (χ2v) is 7.16. The summed E-state index contributed by atoms with van der Waals surface area (Å²) in [5.74, 6) is 0.287. The van der Waals surface area contributed by atoms with Gasteiger partial charge in [0.05, 0.1) is 24.7 Å². The molecule has 1 saturated heterocycles. The van der Waals surface area contributed by atoms with Crippen molar-refractivity contribution in [3.8, 4) is 0 Å². The summed E-state index contributed by atoms with van der Waals surface area (Å²) in [6, 6.07) is 3.63. The van der Waals surface area contributed by atoms with Crippen molar-refractivity contribution in [2.75, 3.05) is 36.0 Å². The number of piperidine rings is 1. The highest BCUT2D eigenvalue weighted by atomic mass is 32.2. The summed E-state index contributed by atoms with van der Waals surface area (Å²) >= 11 is 0. The lowest BCUT2D eigenvalue weighted by Crippen LogP contribution is -2.42. The third-order valence-electron chi connectivity index (χ3n) is 3.45. The van der Waals surface area contributed by atoms with Gasteiger partial charge in [0, 0.05) is 19.1 Å². The highest BCUT2D eigenvalue weighted by Crippen LogP contribution is 2.18. The summed E-state index contributed by atoms with van der Waals surface area (Å²) in [6.45, 7) is 3.48. The zero-order chi connectivity index (χ0) is 16.9. The van der Waals surface area contributed by atoms with Gasteiger partial charge in [-0.25, -0.2) is 18.2 Å². The van der Waals surface area contributed by atoms with Crippen LogP contribution in [0.4, 0.5) is 16.3 Å². The molecule has 0 unspecified atom stereocenters. The molecule has 0 aliphatic carbocycles. The number of pyridine rings is 1. The second-order valence-electron chi connectivity index (χ2n) is 5.41. The van der Waals surface area contributed by atoms with Gasteiger partial charge in [-0.2, -0.15) is 0 Å². The quantitative estimate of drug-likeness (QED) is 0.841. The van der Waals surface area contributed by atoms with Crippen molar-refractivity contribution in [1.29, 1.82) is 0 Å². The van der Waals surface area contributed by atoms with Crippen LogP contribution in [0.25, 0.3) is 0 Å². The largest absolute Gasteiger partial charge is 0.450 e. The molecule has 0 spiro atoms. The van der Waals surface area contributed by atoms with Gasteiger partial charge in [0.1, 0.15) is 5.82 Å². The van der Waals surface area contributed by atoms with Crippen molar-refractivity contribution in [3.63, 3.8) is 0 Å². The Hall–Kier alpha value is -2.03. The van der Waals surface area contributed by atoms with E-state index in [1.165, 1.54) is 0 Å². The fourth-order valence-corrected chi connectivity index (χ4v) is 2.89. The fraction of sp³-hybridized carbons (Fsp3) is 0.571. The second kappa shape index (κ2) is 7.49. The molecule has 1 aromatic heterocycles. The Bertz CT molecular complexity index is 625. The number of hydrogen-bond acceptors (Lipinski definition) is 6. The van der Waals surface area contributed by atoms with Gasteiger partial charge < -0.3 is 15.0 Å². The van der Waals surface area contributed by atoms with Crippen LogP contribution < -0.4 is 10.0 Å². The average Bonchev–Trinajstić information content (AvgIpc) is 2.49. The Morgan fingerprint density at radius 3 is 2.61 bits per heavy atom. The van der Waals surface area contributed by atoms with Gasteiger partial charge in [-0.05, 0) is 31.9 Å². The minimum absolute atomic E-state index is 0.246. The molecule has 1 fully saturated rings. The smallest absolute Gasteiger partial charge is 0.409 e. The van der Waals surface area contributed by atoms with Gasteiger partial charge >= 0.3 is 6.09 Å². The van der Waals surface area contributed by atoms with E-state index in [4.69, 9.17) is 4.74 Å². The van der Waals surface area contributed by atoms with E-state index in [0.717, 1.165) is 24.8 Å². The molecular weight excluding hydrogens is 320 g/mol. The molecule has 23 heavy (non-hydrogen) atoms.